The molecule has 2 amide bonds. The molecule has 2 aromatic rings. The summed E-state index contributed by atoms with van der Waals surface area (Å²) < 4.78 is 21.8. The molecule has 2 aromatic carbocycles. The van der Waals surface area contributed by atoms with E-state index in [-0.39, 0.29) is 34.8 Å². The number of carbonyl (C=O) groups excluding carboxylic acids is 6. The van der Waals surface area contributed by atoms with Crippen molar-refractivity contribution in [2.24, 2.45) is 11.8 Å². The molecule has 0 aliphatic heterocycles. The van der Waals surface area contributed by atoms with Crippen molar-refractivity contribution in [2.75, 3.05) is 14.2 Å². The van der Waals surface area contributed by atoms with Gasteiger partial charge >= 0.3 is 11.9 Å². The SMILES string of the molecule is CC[C@@H](C)[C@H](NC(=O)C(Cl)Cl)C(=O)Oc1ccc(/C=C/C(=O)CC(=O)/C=C/c2ccc(OC(=O)[C@@H](NC(=O)C(Cl)Cl)[C@H](C)CC)c(OC)c2)cc1OC. The molecule has 288 valence electrons. The van der Waals surface area contributed by atoms with E-state index in [2.05, 4.69) is 10.6 Å². The number of hydrogen-bond donors (Lipinski definition) is 2. The molecule has 4 atom stereocenters. The summed E-state index contributed by atoms with van der Waals surface area (Å²) in [5, 5.41) is 4.99. The summed E-state index contributed by atoms with van der Waals surface area (Å²) in [4.78, 5) is 72.4. The molecule has 0 bridgehead atoms. The van der Waals surface area contributed by atoms with Crippen LogP contribution < -0.4 is 29.6 Å². The molecule has 0 fully saturated rings. The van der Waals surface area contributed by atoms with E-state index in [0.29, 0.717) is 24.0 Å². The molecule has 0 radical (unpaired) electrons. The third kappa shape index (κ3) is 14.3. The summed E-state index contributed by atoms with van der Waals surface area (Å²) in [6.07, 6.45) is 6.10. The minimum atomic E-state index is -1.36. The van der Waals surface area contributed by atoms with E-state index in [0.717, 1.165) is 0 Å². The van der Waals surface area contributed by atoms with Gasteiger partial charge in [0.05, 0.1) is 20.6 Å². The van der Waals surface area contributed by atoms with E-state index >= 15 is 0 Å². The Hall–Kier alpha value is -4.10. The first-order valence-corrected chi connectivity index (χ1v) is 18.2. The Morgan fingerprint density at radius 2 is 0.981 bits per heavy atom. The van der Waals surface area contributed by atoms with E-state index < -0.39 is 63.5 Å². The lowest BCUT2D eigenvalue weighted by molar-refractivity contribution is -0.141. The molecule has 2 N–H and O–H groups in total. The second-order valence-electron chi connectivity index (χ2n) is 11.8. The average molecular weight is 817 g/mol. The third-order valence-electron chi connectivity index (χ3n) is 7.99. The largest absolute Gasteiger partial charge is 0.493 e. The Labute approximate surface area is 328 Å². The molecule has 0 aromatic heterocycles. The Bertz CT molecular complexity index is 1570. The number of rotatable bonds is 20. The van der Waals surface area contributed by atoms with Gasteiger partial charge in [-0.2, -0.15) is 0 Å². The van der Waals surface area contributed by atoms with E-state index in [4.69, 9.17) is 65.4 Å². The highest BCUT2D eigenvalue weighted by molar-refractivity contribution is 6.54. The van der Waals surface area contributed by atoms with Crippen LogP contribution in [0, 0.1) is 11.8 Å². The quantitative estimate of drug-likeness (QED) is 0.0500. The molecular weight excluding hydrogens is 774 g/mol. The molecule has 0 unspecified atom stereocenters. The van der Waals surface area contributed by atoms with Crippen LogP contribution in [0.1, 0.15) is 58.1 Å². The van der Waals surface area contributed by atoms with Crippen molar-refractivity contribution < 1.29 is 47.7 Å². The maximum Gasteiger partial charge on any atom is 0.334 e. The summed E-state index contributed by atoms with van der Waals surface area (Å²) in [7, 11) is 2.74. The molecule has 0 spiro atoms. The molecule has 53 heavy (non-hydrogen) atoms. The van der Waals surface area contributed by atoms with E-state index in [1.807, 2.05) is 13.8 Å². The first-order chi connectivity index (χ1) is 25.0. The lowest BCUT2D eigenvalue weighted by Gasteiger charge is -2.23. The zero-order valence-electron chi connectivity index (χ0n) is 30.0. The van der Waals surface area contributed by atoms with Crippen LogP contribution in [0.2, 0.25) is 0 Å². The smallest absolute Gasteiger partial charge is 0.334 e. The van der Waals surface area contributed by atoms with Gasteiger partial charge in [0.15, 0.2) is 44.2 Å². The molecule has 16 heteroatoms. The maximum absolute atomic E-state index is 13.0. The fraction of sp³-hybridized carbons (Fsp3) is 0.405. The van der Waals surface area contributed by atoms with Gasteiger partial charge < -0.3 is 29.6 Å². The van der Waals surface area contributed by atoms with Crippen LogP contribution in [-0.2, 0) is 28.8 Å². The second kappa shape index (κ2) is 22.2. The number of nitrogens with one attached hydrogen (secondary N) is 2. The van der Waals surface area contributed by atoms with Gasteiger partial charge in [0.2, 0.25) is 0 Å². The summed E-state index contributed by atoms with van der Waals surface area (Å²) >= 11 is 22.5. The van der Waals surface area contributed by atoms with Gasteiger partial charge in [-0.05, 0) is 59.4 Å². The zero-order valence-corrected chi connectivity index (χ0v) is 33.0. The highest BCUT2D eigenvalue weighted by atomic mass is 35.5. The lowest BCUT2D eigenvalue weighted by atomic mass is 9.99. The summed E-state index contributed by atoms with van der Waals surface area (Å²) in [6, 6.07) is 7.11. The minimum Gasteiger partial charge on any atom is -0.493 e. The predicted molar refractivity (Wildman–Crippen MR) is 204 cm³/mol. The second-order valence-corrected chi connectivity index (χ2v) is 14.0. The van der Waals surface area contributed by atoms with Crippen LogP contribution in [0.5, 0.6) is 23.0 Å². The highest BCUT2D eigenvalue weighted by Gasteiger charge is 2.31. The van der Waals surface area contributed by atoms with Gasteiger partial charge in [-0.1, -0.05) is 111 Å². The number of carbonyl (C=O) groups is 6. The summed E-state index contributed by atoms with van der Waals surface area (Å²) in [6.45, 7) is 7.22. The van der Waals surface area contributed by atoms with Crippen LogP contribution in [0.25, 0.3) is 12.2 Å². The monoisotopic (exact) mass is 814 g/mol. The normalized spacial score (nSPS) is 13.7. The first kappa shape index (κ1) is 45.1. The van der Waals surface area contributed by atoms with Gasteiger partial charge in [-0.15, -0.1) is 0 Å². The van der Waals surface area contributed by atoms with Crippen molar-refractivity contribution in [3.8, 4) is 23.0 Å². The summed E-state index contributed by atoms with van der Waals surface area (Å²) in [5.41, 5.74) is 1.04. The molecule has 0 saturated carbocycles. The van der Waals surface area contributed by atoms with Gasteiger partial charge in [-0.3, -0.25) is 19.2 Å². The van der Waals surface area contributed by atoms with Crippen LogP contribution in [-0.4, -0.2) is 71.3 Å². The van der Waals surface area contributed by atoms with Crippen LogP contribution >= 0.6 is 46.4 Å². The van der Waals surface area contributed by atoms with Crippen molar-refractivity contribution in [3.05, 3.63) is 59.7 Å². The fourth-order valence-electron chi connectivity index (χ4n) is 4.53. The molecule has 2 rings (SSSR count). The fourth-order valence-corrected chi connectivity index (χ4v) is 4.78. The number of amides is 2. The number of hydrogen-bond acceptors (Lipinski definition) is 10. The number of benzene rings is 2. The van der Waals surface area contributed by atoms with Crippen molar-refractivity contribution >= 4 is 93.9 Å². The third-order valence-corrected chi connectivity index (χ3v) is 8.79. The molecule has 12 nitrogen and oxygen atoms in total. The number of alkyl halides is 4. The van der Waals surface area contributed by atoms with Gasteiger partial charge in [0.25, 0.3) is 11.8 Å². The molecule has 0 aliphatic rings. The number of allylic oxidation sites excluding steroid dienone is 2. The standard InChI is InChI=1S/C37H42Cl4N2O10/c1-7-20(3)30(42-34(46)32(38)39)36(48)52-26-15-11-22(17-28(26)50-5)9-13-24(44)19-25(45)14-10-23-12-16-27(29(18-23)51-6)53-37(49)31(21(4)8-2)43-35(47)33(40)41/h9-18,20-21,30-33H,7-8,19H2,1-6H3,(H,42,46)(H,43,47)/b13-9+,14-10+/t20-,21-,30+,31+/m1/s1. The topological polar surface area (TPSA) is 163 Å². The van der Waals surface area contributed by atoms with E-state index in [1.54, 1.807) is 26.0 Å². The van der Waals surface area contributed by atoms with Crippen LogP contribution in [0.4, 0.5) is 0 Å². The van der Waals surface area contributed by atoms with E-state index in [1.165, 1.54) is 62.8 Å². The van der Waals surface area contributed by atoms with Gasteiger partial charge in [-0.25, -0.2) is 9.59 Å². The predicted octanol–water partition coefficient (Wildman–Crippen LogP) is 6.44. The van der Waals surface area contributed by atoms with E-state index in [9.17, 15) is 28.8 Å². The molecule has 0 aliphatic carbocycles. The number of ketones is 2. The number of esters is 2. The number of halogens is 4. The minimum absolute atomic E-state index is 0.0796. The van der Waals surface area contributed by atoms with Crippen LogP contribution in [0.3, 0.4) is 0 Å². The first-order valence-electron chi connectivity index (χ1n) is 16.4. The van der Waals surface area contributed by atoms with Crippen molar-refractivity contribution in [3.63, 3.8) is 0 Å². The summed E-state index contributed by atoms with van der Waals surface area (Å²) in [5.74, 6) is -3.95. The Kier molecular flexibility index (Phi) is 18.9. The molecule has 0 heterocycles. The van der Waals surface area contributed by atoms with Crippen molar-refractivity contribution in [2.45, 2.75) is 68.7 Å². The number of ether oxygens (including phenoxy) is 4. The average Bonchev–Trinajstić information content (AvgIpc) is 3.13. The van der Waals surface area contributed by atoms with Gasteiger partial charge in [0, 0.05) is 0 Å². The Morgan fingerprint density at radius 1 is 0.623 bits per heavy atom. The number of methoxy groups -OCH3 is 2. The van der Waals surface area contributed by atoms with Crippen molar-refractivity contribution in [1.82, 2.24) is 10.6 Å². The highest BCUT2D eigenvalue weighted by Crippen LogP contribution is 2.31. The lowest BCUT2D eigenvalue weighted by Crippen LogP contribution is -2.48. The Balaban J connectivity index is 2.07. The Morgan fingerprint density at radius 3 is 1.28 bits per heavy atom. The van der Waals surface area contributed by atoms with Crippen LogP contribution in [0.15, 0.2) is 48.6 Å². The molecule has 0 saturated heterocycles. The van der Waals surface area contributed by atoms with Crippen molar-refractivity contribution in [1.29, 1.82) is 0 Å². The zero-order chi connectivity index (χ0) is 39.8. The maximum atomic E-state index is 13.0. The van der Waals surface area contributed by atoms with Gasteiger partial charge in [0.1, 0.15) is 12.1 Å². The molecular formula is C37H42Cl4N2O10.